The molecule has 0 saturated carbocycles. The van der Waals surface area contributed by atoms with Crippen molar-refractivity contribution in [1.82, 2.24) is 5.16 Å². The van der Waals surface area contributed by atoms with Gasteiger partial charge < -0.3 is 10.3 Å². The molecule has 0 saturated heterocycles. The summed E-state index contributed by atoms with van der Waals surface area (Å²) in [5, 5.41) is 3.70. The van der Waals surface area contributed by atoms with Gasteiger partial charge in [0.2, 0.25) is 0 Å². The maximum atomic E-state index is 13.4. The number of nitrogen functional groups attached to an aromatic ring is 1. The molecule has 0 aliphatic heterocycles. The minimum atomic E-state index is -0.688. The van der Waals surface area contributed by atoms with Crippen LogP contribution in [0.15, 0.2) is 51.5 Å². The summed E-state index contributed by atoms with van der Waals surface area (Å²) in [6, 6.07) is 10.4. The molecule has 3 rings (SSSR count). The minimum absolute atomic E-state index is 0.0814. The first-order valence-corrected chi connectivity index (χ1v) is 6.81. The van der Waals surface area contributed by atoms with Crippen molar-refractivity contribution in [3.63, 3.8) is 0 Å². The van der Waals surface area contributed by atoms with Crippen LogP contribution in [-0.2, 0) is 0 Å². The zero-order chi connectivity index (χ0) is 15.0. The van der Waals surface area contributed by atoms with Crippen LogP contribution in [0.4, 0.5) is 14.6 Å². The topological polar surface area (TPSA) is 52.0 Å². The molecule has 0 aliphatic carbocycles. The lowest BCUT2D eigenvalue weighted by atomic mass is 10.0. The van der Waals surface area contributed by atoms with E-state index < -0.39 is 11.6 Å². The summed E-state index contributed by atoms with van der Waals surface area (Å²) in [5.74, 6) is -0.928. The van der Waals surface area contributed by atoms with E-state index in [1.54, 1.807) is 12.1 Å². The first-order chi connectivity index (χ1) is 10.0. The van der Waals surface area contributed by atoms with Gasteiger partial charge in [-0.15, -0.1) is 0 Å². The predicted molar refractivity (Wildman–Crippen MR) is 79.4 cm³/mol. The lowest BCUT2D eigenvalue weighted by Gasteiger charge is -2.04. The Morgan fingerprint density at radius 3 is 2.19 bits per heavy atom. The van der Waals surface area contributed by atoms with E-state index in [9.17, 15) is 8.78 Å². The van der Waals surface area contributed by atoms with Gasteiger partial charge in [0.25, 0.3) is 0 Å². The highest BCUT2D eigenvalue weighted by molar-refractivity contribution is 9.10. The molecule has 0 spiro atoms. The van der Waals surface area contributed by atoms with Crippen LogP contribution in [-0.4, -0.2) is 5.16 Å². The molecule has 21 heavy (non-hydrogen) atoms. The van der Waals surface area contributed by atoms with Crippen molar-refractivity contribution in [2.45, 2.75) is 0 Å². The van der Waals surface area contributed by atoms with Crippen LogP contribution >= 0.6 is 15.9 Å². The van der Waals surface area contributed by atoms with E-state index in [4.69, 9.17) is 10.3 Å². The first-order valence-electron chi connectivity index (χ1n) is 6.02. The van der Waals surface area contributed by atoms with Crippen LogP contribution in [0, 0.1) is 11.6 Å². The molecule has 1 aromatic heterocycles. The van der Waals surface area contributed by atoms with Crippen molar-refractivity contribution >= 4 is 21.7 Å². The Morgan fingerprint density at radius 1 is 0.952 bits per heavy atom. The Morgan fingerprint density at radius 2 is 1.57 bits per heavy atom. The van der Waals surface area contributed by atoms with E-state index in [-0.39, 0.29) is 11.4 Å². The van der Waals surface area contributed by atoms with Gasteiger partial charge in [0, 0.05) is 16.1 Å². The summed E-state index contributed by atoms with van der Waals surface area (Å²) >= 11 is 3.34. The van der Waals surface area contributed by atoms with Crippen LogP contribution in [0.3, 0.4) is 0 Å². The van der Waals surface area contributed by atoms with Crippen molar-refractivity contribution in [2.24, 2.45) is 0 Å². The Kier molecular flexibility index (Phi) is 3.47. The fourth-order valence-electron chi connectivity index (χ4n) is 2.08. The van der Waals surface area contributed by atoms with Crippen LogP contribution in [0.1, 0.15) is 0 Å². The van der Waals surface area contributed by atoms with Crippen molar-refractivity contribution in [3.05, 3.63) is 58.6 Å². The highest BCUT2D eigenvalue weighted by Gasteiger charge is 2.18. The number of benzene rings is 2. The van der Waals surface area contributed by atoms with E-state index in [1.165, 1.54) is 12.1 Å². The largest absolute Gasteiger partial charge is 0.380 e. The highest BCUT2D eigenvalue weighted by Crippen LogP contribution is 2.37. The molecular weight excluding hydrogens is 342 g/mol. The normalized spacial score (nSPS) is 10.8. The van der Waals surface area contributed by atoms with Gasteiger partial charge in [0.05, 0.1) is 5.56 Å². The third-order valence-electron chi connectivity index (χ3n) is 2.98. The predicted octanol–water partition coefficient (Wildman–Crippen LogP) is 4.63. The van der Waals surface area contributed by atoms with Crippen LogP contribution < -0.4 is 5.73 Å². The molecule has 0 unspecified atom stereocenters. The van der Waals surface area contributed by atoms with E-state index in [1.807, 2.05) is 12.1 Å². The number of hydrogen-bond donors (Lipinski definition) is 1. The molecule has 6 heteroatoms. The number of hydrogen-bond acceptors (Lipinski definition) is 3. The van der Waals surface area contributed by atoms with E-state index in [0.29, 0.717) is 16.9 Å². The summed E-state index contributed by atoms with van der Waals surface area (Å²) in [6.45, 7) is 0. The molecule has 0 fully saturated rings. The lowest BCUT2D eigenvalue weighted by molar-refractivity contribution is 0.436. The number of nitrogens with two attached hydrogens (primary N) is 1. The van der Waals surface area contributed by atoms with Crippen molar-refractivity contribution in [2.75, 3.05) is 5.73 Å². The summed E-state index contributed by atoms with van der Waals surface area (Å²) in [7, 11) is 0. The molecule has 2 aromatic carbocycles. The molecule has 3 nitrogen and oxygen atoms in total. The van der Waals surface area contributed by atoms with Crippen LogP contribution in [0.25, 0.3) is 22.5 Å². The van der Waals surface area contributed by atoms with Crippen molar-refractivity contribution in [1.29, 1.82) is 0 Å². The molecular formula is C15H9BrF2N2O. The molecule has 0 aliphatic rings. The molecule has 0 amide bonds. The number of rotatable bonds is 2. The van der Waals surface area contributed by atoms with Gasteiger partial charge in [-0.25, -0.2) is 8.78 Å². The molecule has 1 heterocycles. The maximum Gasteiger partial charge on any atom is 0.176 e. The second-order valence-corrected chi connectivity index (χ2v) is 5.35. The second-order valence-electron chi connectivity index (χ2n) is 4.44. The van der Waals surface area contributed by atoms with Gasteiger partial charge in [-0.05, 0) is 42.0 Å². The standard InChI is InChI=1S/C15H9BrF2N2O/c16-10-3-1-8(2-4-10)14-13(15(19)20-21-14)9-5-11(17)7-12(18)6-9/h1-7H,(H2,19,20). The molecule has 3 aromatic rings. The van der Waals surface area contributed by atoms with Crippen molar-refractivity contribution in [3.8, 4) is 22.5 Å². The number of halogens is 3. The average molecular weight is 351 g/mol. The molecule has 2 N–H and O–H groups in total. The fourth-order valence-corrected chi connectivity index (χ4v) is 2.34. The van der Waals surface area contributed by atoms with Gasteiger partial charge in [-0.1, -0.05) is 21.1 Å². The third kappa shape index (κ3) is 2.67. The minimum Gasteiger partial charge on any atom is -0.380 e. The maximum absolute atomic E-state index is 13.4. The number of aromatic nitrogens is 1. The molecule has 0 bridgehead atoms. The smallest absolute Gasteiger partial charge is 0.176 e. The summed E-state index contributed by atoms with van der Waals surface area (Å²) in [6.07, 6.45) is 0. The van der Waals surface area contributed by atoms with E-state index >= 15 is 0 Å². The molecule has 106 valence electrons. The molecule has 0 atom stereocenters. The zero-order valence-corrected chi connectivity index (χ0v) is 12.2. The Bertz CT molecular complexity index is 780. The molecule has 0 radical (unpaired) electrons. The van der Waals surface area contributed by atoms with Crippen LogP contribution in [0.5, 0.6) is 0 Å². The monoisotopic (exact) mass is 350 g/mol. The Labute approximate surface area is 127 Å². The average Bonchev–Trinajstić information content (AvgIpc) is 2.80. The van der Waals surface area contributed by atoms with Crippen LogP contribution in [0.2, 0.25) is 0 Å². The summed E-state index contributed by atoms with van der Waals surface area (Å²) in [4.78, 5) is 0. The SMILES string of the molecule is Nc1noc(-c2ccc(Br)cc2)c1-c1cc(F)cc(F)c1. The van der Waals surface area contributed by atoms with Gasteiger partial charge >= 0.3 is 0 Å². The Hall–Kier alpha value is -2.21. The van der Waals surface area contributed by atoms with Gasteiger partial charge in [0.15, 0.2) is 11.6 Å². The summed E-state index contributed by atoms with van der Waals surface area (Å²) < 4.78 is 32.9. The summed E-state index contributed by atoms with van der Waals surface area (Å²) in [5.41, 5.74) is 7.14. The Balaban J connectivity index is 2.19. The third-order valence-corrected chi connectivity index (χ3v) is 3.50. The van der Waals surface area contributed by atoms with E-state index in [0.717, 1.165) is 10.5 Å². The van der Waals surface area contributed by atoms with E-state index in [2.05, 4.69) is 21.1 Å². The number of anilines is 1. The van der Waals surface area contributed by atoms with Gasteiger partial charge in [0.1, 0.15) is 11.6 Å². The second kappa shape index (κ2) is 5.29. The van der Waals surface area contributed by atoms with Crippen molar-refractivity contribution < 1.29 is 13.3 Å². The highest BCUT2D eigenvalue weighted by atomic mass is 79.9. The number of nitrogens with zero attached hydrogens (tertiary/aromatic N) is 1. The van der Waals surface area contributed by atoms with Gasteiger partial charge in [-0.2, -0.15) is 0 Å². The zero-order valence-electron chi connectivity index (χ0n) is 10.6. The van der Waals surface area contributed by atoms with Gasteiger partial charge in [-0.3, -0.25) is 0 Å². The fraction of sp³-hybridized carbons (Fsp3) is 0. The lowest BCUT2D eigenvalue weighted by Crippen LogP contribution is -1.91. The first kappa shape index (κ1) is 13.8. The quantitative estimate of drug-likeness (QED) is 0.732.